The zero-order valence-corrected chi connectivity index (χ0v) is 15.7. The molecule has 0 spiro atoms. The van der Waals surface area contributed by atoms with Crippen LogP contribution in [0.25, 0.3) is 0 Å². The fourth-order valence-electron chi connectivity index (χ4n) is 3.17. The summed E-state index contributed by atoms with van der Waals surface area (Å²) in [5.74, 6) is 0. The van der Waals surface area contributed by atoms with Crippen LogP contribution in [-0.2, 0) is 19.1 Å². The molecule has 1 aliphatic rings. The second-order valence-corrected chi connectivity index (χ2v) is 6.86. The van der Waals surface area contributed by atoms with Crippen LogP contribution in [0.1, 0.15) is 22.5 Å². The molecule has 0 radical (unpaired) electrons. The zero-order valence-electron chi connectivity index (χ0n) is 15.7. The number of aromatic nitrogens is 2. The second-order valence-electron chi connectivity index (χ2n) is 6.86. The molecule has 1 aliphatic heterocycles. The van der Waals surface area contributed by atoms with Gasteiger partial charge in [0.05, 0.1) is 17.8 Å². The second kappa shape index (κ2) is 7.72. The molecule has 1 aromatic heterocycles. The molecule has 0 saturated carbocycles. The Morgan fingerprint density at radius 1 is 1.19 bits per heavy atom. The maximum atomic E-state index is 13.4. The van der Waals surface area contributed by atoms with Crippen LogP contribution in [0.15, 0.2) is 24.3 Å². The Bertz CT molecular complexity index is 808. The summed E-state index contributed by atoms with van der Waals surface area (Å²) >= 11 is 0. The Kier molecular flexibility index (Phi) is 5.55. The normalized spacial score (nSPS) is 14.4. The summed E-state index contributed by atoms with van der Waals surface area (Å²) < 4.78 is 45.7. The lowest BCUT2D eigenvalue weighted by Crippen LogP contribution is -2.33. The molecule has 2 aromatic rings. The summed E-state index contributed by atoms with van der Waals surface area (Å²) in [7, 11) is 3.89. The lowest BCUT2D eigenvalue weighted by atomic mass is 10.0. The van der Waals surface area contributed by atoms with Gasteiger partial charge in [0.25, 0.3) is 0 Å². The van der Waals surface area contributed by atoms with E-state index >= 15 is 0 Å². The van der Waals surface area contributed by atoms with Gasteiger partial charge in [0.15, 0.2) is 0 Å². The molecule has 146 valence electrons. The number of nitrogens with zero attached hydrogens (tertiary/aromatic N) is 4. The number of likely N-dealkylation sites (N-methyl/N-ethyl adjacent to an activating group) is 1. The van der Waals surface area contributed by atoms with Gasteiger partial charge in [0.1, 0.15) is 6.61 Å². The Hall–Kier alpha value is -2.35. The highest BCUT2D eigenvalue weighted by atomic mass is 19.4. The number of para-hydroxylation sites is 1. The highest BCUT2D eigenvalue weighted by Gasteiger charge is 2.35. The molecule has 1 aromatic carbocycles. The summed E-state index contributed by atoms with van der Waals surface area (Å²) in [4.78, 5) is 12.6. The maximum absolute atomic E-state index is 13.4. The first-order valence-electron chi connectivity index (χ1n) is 8.81. The van der Waals surface area contributed by atoms with Crippen molar-refractivity contribution in [2.75, 3.05) is 38.7 Å². The van der Waals surface area contributed by atoms with E-state index in [4.69, 9.17) is 4.74 Å². The van der Waals surface area contributed by atoms with Crippen LogP contribution in [0.2, 0.25) is 0 Å². The van der Waals surface area contributed by atoms with Crippen LogP contribution < -0.4 is 9.64 Å². The van der Waals surface area contributed by atoms with E-state index in [0.29, 0.717) is 26.1 Å². The third kappa shape index (κ3) is 4.50. The summed E-state index contributed by atoms with van der Waals surface area (Å²) in [6.45, 7) is 3.86. The quantitative estimate of drug-likeness (QED) is 0.796. The summed E-state index contributed by atoms with van der Waals surface area (Å²) in [5.41, 5.74) is 2.11. The smallest absolute Gasteiger partial charge is 0.418 e. The molecule has 0 N–H and O–H groups in total. The van der Waals surface area contributed by atoms with Crippen molar-refractivity contribution >= 4 is 5.69 Å². The van der Waals surface area contributed by atoms with E-state index in [1.807, 2.05) is 25.9 Å². The number of halogens is 3. The van der Waals surface area contributed by atoms with Crippen molar-refractivity contribution in [3.63, 3.8) is 0 Å². The van der Waals surface area contributed by atoms with Gasteiger partial charge in [-0.1, -0.05) is 12.1 Å². The molecule has 8 heteroatoms. The largest absolute Gasteiger partial charge is 0.462 e. The van der Waals surface area contributed by atoms with Gasteiger partial charge < -0.3 is 14.5 Å². The predicted molar refractivity (Wildman–Crippen MR) is 97.0 cm³/mol. The number of rotatable bonds is 5. The number of ether oxygens (including phenoxy) is 1. The molecule has 0 saturated heterocycles. The van der Waals surface area contributed by atoms with Crippen molar-refractivity contribution in [1.29, 1.82) is 0 Å². The summed E-state index contributed by atoms with van der Waals surface area (Å²) in [6, 6.07) is 5.94. The van der Waals surface area contributed by atoms with E-state index in [2.05, 4.69) is 9.97 Å². The van der Waals surface area contributed by atoms with Crippen LogP contribution >= 0.6 is 0 Å². The fourth-order valence-corrected chi connectivity index (χ4v) is 3.17. The minimum absolute atomic E-state index is 0.182. The lowest BCUT2D eigenvalue weighted by Gasteiger charge is -2.32. The van der Waals surface area contributed by atoms with Crippen molar-refractivity contribution in [3.05, 3.63) is 46.8 Å². The van der Waals surface area contributed by atoms with E-state index in [-0.39, 0.29) is 11.7 Å². The Labute approximate surface area is 156 Å². The van der Waals surface area contributed by atoms with Gasteiger partial charge in [0.2, 0.25) is 0 Å². The van der Waals surface area contributed by atoms with Gasteiger partial charge in [-0.25, -0.2) is 4.98 Å². The van der Waals surface area contributed by atoms with Gasteiger partial charge in [0, 0.05) is 24.5 Å². The molecule has 3 rings (SSSR count). The third-order valence-corrected chi connectivity index (χ3v) is 4.57. The SMILES string of the molecule is Cc1nc(OCCN(C)C)nc2c1CCN(c1ccccc1C(F)(F)F)C2. The Balaban J connectivity index is 1.85. The molecule has 0 bridgehead atoms. The first kappa shape index (κ1) is 19.4. The van der Waals surface area contributed by atoms with E-state index in [0.717, 1.165) is 29.6 Å². The zero-order chi connectivity index (χ0) is 19.6. The molecule has 0 fully saturated rings. The average Bonchev–Trinajstić information content (AvgIpc) is 2.60. The van der Waals surface area contributed by atoms with Crippen molar-refractivity contribution in [2.24, 2.45) is 0 Å². The van der Waals surface area contributed by atoms with Crippen LogP contribution in [0.4, 0.5) is 18.9 Å². The van der Waals surface area contributed by atoms with E-state index in [9.17, 15) is 13.2 Å². The van der Waals surface area contributed by atoms with Gasteiger partial charge >= 0.3 is 12.2 Å². The van der Waals surface area contributed by atoms with Crippen LogP contribution in [0.5, 0.6) is 6.01 Å². The van der Waals surface area contributed by atoms with E-state index < -0.39 is 11.7 Å². The predicted octanol–water partition coefficient (Wildman–Crippen LogP) is 3.31. The average molecular weight is 380 g/mol. The molecule has 27 heavy (non-hydrogen) atoms. The maximum Gasteiger partial charge on any atom is 0.418 e. The van der Waals surface area contributed by atoms with Gasteiger partial charge in [-0.3, -0.25) is 0 Å². The first-order chi connectivity index (χ1) is 12.8. The van der Waals surface area contributed by atoms with E-state index in [1.54, 1.807) is 11.0 Å². The molecule has 0 atom stereocenters. The van der Waals surface area contributed by atoms with Crippen molar-refractivity contribution in [3.8, 4) is 6.01 Å². The molecular formula is C19H23F3N4O. The van der Waals surface area contributed by atoms with Crippen molar-refractivity contribution in [2.45, 2.75) is 26.1 Å². The van der Waals surface area contributed by atoms with Crippen molar-refractivity contribution < 1.29 is 17.9 Å². The number of alkyl halides is 3. The summed E-state index contributed by atoms with van der Waals surface area (Å²) in [5, 5.41) is 0. The number of anilines is 1. The van der Waals surface area contributed by atoms with Crippen LogP contribution in [0.3, 0.4) is 0 Å². The Morgan fingerprint density at radius 2 is 1.93 bits per heavy atom. The van der Waals surface area contributed by atoms with Gasteiger partial charge in [-0.05, 0) is 45.1 Å². The highest BCUT2D eigenvalue weighted by molar-refractivity contribution is 5.56. The van der Waals surface area contributed by atoms with Crippen LogP contribution in [0, 0.1) is 6.92 Å². The number of benzene rings is 1. The van der Waals surface area contributed by atoms with Gasteiger partial charge in [-0.2, -0.15) is 18.2 Å². The molecular weight excluding hydrogens is 357 g/mol. The first-order valence-corrected chi connectivity index (χ1v) is 8.81. The lowest BCUT2D eigenvalue weighted by molar-refractivity contribution is -0.137. The number of hydrogen-bond donors (Lipinski definition) is 0. The number of fused-ring (bicyclic) bond motifs is 1. The molecule has 2 heterocycles. The van der Waals surface area contributed by atoms with Crippen LogP contribution in [-0.4, -0.2) is 48.7 Å². The third-order valence-electron chi connectivity index (χ3n) is 4.57. The number of aryl methyl sites for hydroxylation is 1. The standard InChI is InChI=1S/C19H23F3N4O/c1-13-14-8-9-26(17-7-5-4-6-15(17)19(20,21)22)12-16(14)24-18(23-13)27-11-10-25(2)3/h4-7H,8-12H2,1-3H3. The topological polar surface area (TPSA) is 41.5 Å². The number of hydrogen-bond acceptors (Lipinski definition) is 5. The van der Waals surface area contributed by atoms with Crippen molar-refractivity contribution in [1.82, 2.24) is 14.9 Å². The minimum Gasteiger partial charge on any atom is -0.462 e. The molecule has 0 unspecified atom stereocenters. The highest BCUT2D eigenvalue weighted by Crippen LogP contribution is 2.38. The molecule has 0 aliphatic carbocycles. The molecule has 5 nitrogen and oxygen atoms in total. The van der Waals surface area contributed by atoms with Gasteiger partial charge in [-0.15, -0.1) is 0 Å². The Morgan fingerprint density at radius 3 is 2.63 bits per heavy atom. The van der Waals surface area contributed by atoms with E-state index in [1.165, 1.54) is 12.1 Å². The minimum atomic E-state index is -4.39. The monoisotopic (exact) mass is 380 g/mol. The fraction of sp³-hybridized carbons (Fsp3) is 0.474. The molecule has 0 amide bonds. The summed E-state index contributed by atoms with van der Waals surface area (Å²) in [6.07, 6.45) is -3.79.